The summed E-state index contributed by atoms with van der Waals surface area (Å²) in [4.78, 5) is 19.4. The number of benzene rings is 1. The second-order valence-electron chi connectivity index (χ2n) is 5.42. The lowest BCUT2D eigenvalue weighted by molar-refractivity contribution is 0.0950. The van der Waals surface area contributed by atoms with Crippen molar-refractivity contribution in [1.29, 1.82) is 5.41 Å². The number of ether oxygens (including phenoxy) is 1. The number of aromatic nitrogens is 1. The van der Waals surface area contributed by atoms with Gasteiger partial charge in [-0.3, -0.25) is 10.2 Å². The molecule has 8 heteroatoms. The Hall–Kier alpha value is -3.29. The number of hydrogen-bond donors (Lipinski definition) is 3. The van der Waals surface area contributed by atoms with Gasteiger partial charge in [-0.15, -0.1) is 0 Å². The van der Waals surface area contributed by atoms with Crippen LogP contribution in [0, 0.1) is 11.2 Å². The molecule has 0 saturated heterocycles. The number of nitrogens with zero attached hydrogens (tertiary/aromatic N) is 2. The van der Waals surface area contributed by atoms with Crippen molar-refractivity contribution in [3.05, 3.63) is 58.7 Å². The highest BCUT2D eigenvalue weighted by atomic mass is 19.1. The molecule has 0 spiro atoms. The van der Waals surface area contributed by atoms with Gasteiger partial charge in [-0.1, -0.05) is 12.1 Å². The maximum atomic E-state index is 14.0. The fraction of sp³-hybridized carbons (Fsp3) is 0.176. The molecule has 0 saturated carbocycles. The molecule has 128 valence electrons. The first-order valence-electron chi connectivity index (χ1n) is 7.59. The van der Waals surface area contributed by atoms with Gasteiger partial charge in [0.05, 0.1) is 12.2 Å². The Kier molecular flexibility index (Phi) is 4.69. The van der Waals surface area contributed by atoms with E-state index in [1.165, 1.54) is 6.20 Å². The summed E-state index contributed by atoms with van der Waals surface area (Å²) in [5.74, 6) is -0.566. The zero-order valence-electron chi connectivity index (χ0n) is 13.3. The van der Waals surface area contributed by atoms with Crippen LogP contribution in [0.5, 0.6) is 5.75 Å². The molecule has 0 unspecified atom stereocenters. The maximum Gasteiger partial charge on any atom is 0.253 e. The third-order valence-corrected chi connectivity index (χ3v) is 3.76. The molecular formula is C17H16FN5O2. The first-order chi connectivity index (χ1) is 12.1. The number of carbonyl (C=O) groups is 1. The van der Waals surface area contributed by atoms with E-state index in [2.05, 4.69) is 15.3 Å². The van der Waals surface area contributed by atoms with E-state index in [1.807, 2.05) is 18.2 Å². The minimum absolute atomic E-state index is 0.0772. The van der Waals surface area contributed by atoms with Crippen LogP contribution in [0.3, 0.4) is 0 Å². The van der Waals surface area contributed by atoms with Gasteiger partial charge in [0.15, 0.2) is 11.7 Å². The van der Waals surface area contributed by atoms with Gasteiger partial charge in [-0.2, -0.15) is 0 Å². The fourth-order valence-electron chi connectivity index (χ4n) is 2.52. The topological polar surface area (TPSA) is 113 Å². The number of aliphatic imine (C=N–C) groups is 1. The van der Waals surface area contributed by atoms with Crippen LogP contribution in [0.25, 0.3) is 0 Å². The molecular weight excluding hydrogens is 325 g/mol. The molecule has 1 amide bonds. The van der Waals surface area contributed by atoms with Gasteiger partial charge >= 0.3 is 0 Å². The summed E-state index contributed by atoms with van der Waals surface area (Å²) in [6.45, 7) is 0.986. The third-order valence-electron chi connectivity index (χ3n) is 3.76. The summed E-state index contributed by atoms with van der Waals surface area (Å²) < 4.78 is 19.4. The zero-order valence-corrected chi connectivity index (χ0v) is 13.3. The second-order valence-corrected chi connectivity index (χ2v) is 5.42. The summed E-state index contributed by atoms with van der Waals surface area (Å²) >= 11 is 0. The van der Waals surface area contributed by atoms with Crippen LogP contribution in [0.2, 0.25) is 0 Å². The molecule has 0 aliphatic carbocycles. The first kappa shape index (κ1) is 16.6. The van der Waals surface area contributed by atoms with E-state index < -0.39 is 11.7 Å². The average Bonchev–Trinajstić information content (AvgIpc) is 3.07. The quantitative estimate of drug-likeness (QED) is 0.563. The molecule has 0 fully saturated rings. The molecule has 1 aromatic heterocycles. The predicted molar refractivity (Wildman–Crippen MR) is 90.5 cm³/mol. The lowest BCUT2D eigenvalue weighted by Gasteiger charge is -2.08. The van der Waals surface area contributed by atoms with Crippen molar-refractivity contribution in [2.45, 2.75) is 13.0 Å². The molecule has 4 N–H and O–H groups in total. The monoisotopic (exact) mass is 341 g/mol. The summed E-state index contributed by atoms with van der Waals surface area (Å²) in [7, 11) is 0. The van der Waals surface area contributed by atoms with Crippen LogP contribution in [0.1, 0.15) is 27.2 Å². The fourth-order valence-corrected chi connectivity index (χ4v) is 2.52. The van der Waals surface area contributed by atoms with E-state index in [1.54, 1.807) is 0 Å². The predicted octanol–water partition coefficient (Wildman–Crippen LogP) is 1.40. The highest BCUT2D eigenvalue weighted by Crippen LogP contribution is 2.25. The summed E-state index contributed by atoms with van der Waals surface area (Å²) in [5.41, 5.74) is 7.43. The third kappa shape index (κ3) is 3.63. The summed E-state index contributed by atoms with van der Waals surface area (Å²) in [6, 6.07) is 6.78. The van der Waals surface area contributed by atoms with Gasteiger partial charge in [0, 0.05) is 19.2 Å². The standard InChI is InChI=1S/C17H16FN5O2/c18-13-6-12(8-21-15(13)16(20)23-9-19)17(24)22-7-10-1-2-14-11(5-10)3-4-25-14/h1-2,5-6,8-9H,3-4,7H2,(H,22,24)(H3,19,20,23). The Balaban J connectivity index is 1.68. The second kappa shape index (κ2) is 7.08. The normalized spacial score (nSPS) is 13.1. The summed E-state index contributed by atoms with van der Waals surface area (Å²) in [5, 5.41) is 9.55. The smallest absolute Gasteiger partial charge is 0.253 e. The lowest BCUT2D eigenvalue weighted by Crippen LogP contribution is -2.24. The molecule has 1 aliphatic heterocycles. The van der Waals surface area contributed by atoms with Crippen molar-refractivity contribution < 1.29 is 13.9 Å². The SMILES string of the molecule is N=CN=C(N)c1ncc(C(=O)NCc2ccc3c(c2)CCO3)cc1F. The van der Waals surface area contributed by atoms with E-state index in [9.17, 15) is 9.18 Å². The van der Waals surface area contributed by atoms with Crippen LogP contribution in [-0.2, 0) is 13.0 Å². The number of amides is 1. The Morgan fingerprint density at radius 1 is 1.48 bits per heavy atom. The molecule has 1 aromatic carbocycles. The molecule has 7 nitrogen and oxygen atoms in total. The van der Waals surface area contributed by atoms with E-state index >= 15 is 0 Å². The van der Waals surface area contributed by atoms with Crippen LogP contribution < -0.4 is 15.8 Å². The Morgan fingerprint density at radius 3 is 3.08 bits per heavy atom. The van der Waals surface area contributed by atoms with Crippen molar-refractivity contribution in [2.75, 3.05) is 6.61 Å². The molecule has 2 heterocycles. The average molecular weight is 341 g/mol. The Morgan fingerprint density at radius 2 is 2.32 bits per heavy atom. The van der Waals surface area contributed by atoms with Gasteiger partial charge in [0.1, 0.15) is 17.8 Å². The van der Waals surface area contributed by atoms with Crippen molar-refractivity contribution in [3.8, 4) is 5.75 Å². The van der Waals surface area contributed by atoms with Crippen LogP contribution in [0.4, 0.5) is 4.39 Å². The van der Waals surface area contributed by atoms with Gasteiger partial charge in [-0.25, -0.2) is 14.4 Å². The van der Waals surface area contributed by atoms with Crippen LogP contribution in [-0.4, -0.2) is 29.7 Å². The highest BCUT2D eigenvalue weighted by Gasteiger charge is 2.15. The van der Waals surface area contributed by atoms with E-state index in [4.69, 9.17) is 15.9 Å². The van der Waals surface area contributed by atoms with Gasteiger partial charge in [0.2, 0.25) is 0 Å². The van der Waals surface area contributed by atoms with Crippen LogP contribution in [0.15, 0.2) is 35.5 Å². The first-order valence-corrected chi connectivity index (χ1v) is 7.59. The van der Waals surface area contributed by atoms with Gasteiger partial charge < -0.3 is 15.8 Å². The number of rotatable bonds is 5. The number of nitrogens with one attached hydrogen (secondary N) is 2. The Bertz CT molecular complexity index is 866. The number of pyridine rings is 1. The molecule has 25 heavy (non-hydrogen) atoms. The highest BCUT2D eigenvalue weighted by molar-refractivity contribution is 6.00. The Labute approximate surface area is 143 Å². The lowest BCUT2D eigenvalue weighted by atomic mass is 10.1. The molecule has 2 aromatic rings. The molecule has 3 rings (SSSR count). The van der Waals surface area contributed by atoms with Gasteiger partial charge in [-0.05, 0) is 23.3 Å². The molecule has 0 radical (unpaired) electrons. The number of fused-ring (bicyclic) bond motifs is 1. The molecule has 1 aliphatic rings. The number of halogens is 1. The number of carbonyl (C=O) groups excluding carboxylic acids is 1. The van der Waals surface area contributed by atoms with E-state index in [-0.39, 0.29) is 17.1 Å². The number of amidine groups is 1. The van der Waals surface area contributed by atoms with Crippen molar-refractivity contribution >= 4 is 18.1 Å². The maximum absolute atomic E-state index is 14.0. The largest absolute Gasteiger partial charge is 0.493 e. The minimum atomic E-state index is -0.773. The van der Waals surface area contributed by atoms with E-state index in [0.29, 0.717) is 19.5 Å². The van der Waals surface area contributed by atoms with Crippen LogP contribution >= 0.6 is 0 Å². The van der Waals surface area contributed by atoms with E-state index in [0.717, 1.165) is 29.4 Å². The van der Waals surface area contributed by atoms with Gasteiger partial charge in [0.25, 0.3) is 5.91 Å². The van der Waals surface area contributed by atoms with Crippen molar-refractivity contribution in [3.63, 3.8) is 0 Å². The molecule has 0 bridgehead atoms. The number of nitrogens with two attached hydrogens (primary N) is 1. The van der Waals surface area contributed by atoms with Crippen molar-refractivity contribution in [2.24, 2.45) is 10.7 Å². The summed E-state index contributed by atoms with van der Waals surface area (Å²) in [6.07, 6.45) is 2.77. The zero-order chi connectivity index (χ0) is 17.8. The molecule has 0 atom stereocenters. The van der Waals surface area contributed by atoms with Crippen molar-refractivity contribution in [1.82, 2.24) is 10.3 Å². The minimum Gasteiger partial charge on any atom is -0.493 e. The number of hydrogen-bond acceptors (Lipinski definition) is 4.